The average Bonchev–Trinajstić information content (AvgIpc) is 2.88. The van der Waals surface area contributed by atoms with Gasteiger partial charge in [0.15, 0.2) is 5.96 Å². The number of hydrogen-bond donors (Lipinski definition) is 2. The van der Waals surface area contributed by atoms with Gasteiger partial charge in [-0.2, -0.15) is 0 Å². The number of hydrogen-bond acceptors (Lipinski definition) is 5. The molecular formula is C11H16Cl2IN3OS. The number of halogens is 3. The summed E-state index contributed by atoms with van der Waals surface area (Å²) in [5.74, 6) is 0.862. The van der Waals surface area contributed by atoms with Crippen LogP contribution in [0.25, 0.3) is 0 Å². The molecule has 0 bridgehead atoms. The summed E-state index contributed by atoms with van der Waals surface area (Å²) in [5.41, 5.74) is 1.06. The topological polar surface area (TPSA) is 47.9 Å². The van der Waals surface area contributed by atoms with Crippen molar-refractivity contribution >= 4 is 64.5 Å². The maximum absolute atomic E-state index is 8.93. The Kier molecular flexibility index (Phi) is 7.74. The maximum Gasteiger partial charge on any atom is 0.194 e. The van der Waals surface area contributed by atoms with Crippen LogP contribution in [0, 0.1) is 0 Å². The molecule has 2 N–H and O–H groups in total. The molecule has 0 radical (unpaired) electrons. The number of nitrogens with zero attached hydrogens (tertiary/aromatic N) is 2. The van der Waals surface area contributed by atoms with Gasteiger partial charge < -0.3 is 15.3 Å². The first-order valence-electron chi connectivity index (χ1n) is 5.78. The van der Waals surface area contributed by atoms with Crippen molar-refractivity contribution in [2.45, 2.75) is 6.42 Å². The van der Waals surface area contributed by atoms with Gasteiger partial charge >= 0.3 is 0 Å². The van der Waals surface area contributed by atoms with Gasteiger partial charge in [-0.1, -0.05) is 23.2 Å². The quantitative estimate of drug-likeness (QED) is 0.698. The molecule has 0 unspecified atom stereocenters. The third-order valence-corrected chi connectivity index (χ3v) is 4.27. The van der Waals surface area contributed by atoms with Crippen molar-refractivity contribution in [2.24, 2.45) is 4.99 Å². The third-order valence-electron chi connectivity index (χ3n) is 2.71. The maximum atomic E-state index is 8.93. The van der Waals surface area contributed by atoms with Crippen molar-refractivity contribution < 1.29 is 5.11 Å². The van der Waals surface area contributed by atoms with Gasteiger partial charge in [0.25, 0.3) is 0 Å². The minimum atomic E-state index is 0. The van der Waals surface area contributed by atoms with Crippen LogP contribution >= 0.6 is 58.5 Å². The summed E-state index contributed by atoms with van der Waals surface area (Å²) in [6, 6.07) is 1.90. The number of β-amino-alcohol motifs (C(OH)–C–C–N with tert-alkyl or cyclic N) is 1. The number of nitrogens with one attached hydrogen (secondary N) is 1. The first-order valence-corrected chi connectivity index (χ1v) is 7.36. The summed E-state index contributed by atoms with van der Waals surface area (Å²) in [6.45, 7) is 3.18. The molecule has 108 valence electrons. The van der Waals surface area contributed by atoms with E-state index in [-0.39, 0.29) is 30.6 Å². The Labute approximate surface area is 143 Å². The van der Waals surface area contributed by atoms with Crippen molar-refractivity contribution in [1.82, 2.24) is 10.2 Å². The van der Waals surface area contributed by atoms with Crippen molar-refractivity contribution in [3.63, 3.8) is 0 Å². The summed E-state index contributed by atoms with van der Waals surface area (Å²) in [7, 11) is 0. The normalized spacial score (nSPS) is 14.3. The van der Waals surface area contributed by atoms with Crippen LogP contribution in [-0.2, 0) is 6.42 Å². The molecule has 1 aliphatic rings. The number of aliphatic hydroxyl groups excluding tert-OH is 1. The first-order chi connectivity index (χ1) is 8.70. The molecule has 2 heterocycles. The van der Waals surface area contributed by atoms with Gasteiger partial charge in [0.2, 0.25) is 0 Å². The Hall–Kier alpha value is 0.240. The highest BCUT2D eigenvalue weighted by atomic mass is 127. The van der Waals surface area contributed by atoms with E-state index in [0.29, 0.717) is 6.54 Å². The standard InChI is InChI=1S/C11H15Cl2N3OS.HI/c12-9-7-8(10(13)18-9)1-2-14-11-15-3-4-16(11)5-6-17;/h7,17H,1-6H2,(H,14,15);1H. The van der Waals surface area contributed by atoms with Gasteiger partial charge in [0, 0.05) is 19.6 Å². The minimum absolute atomic E-state index is 0. The smallest absolute Gasteiger partial charge is 0.194 e. The molecule has 0 aliphatic carbocycles. The Bertz CT molecular complexity index is 442. The fourth-order valence-electron chi connectivity index (χ4n) is 1.84. The first kappa shape index (κ1) is 17.3. The Morgan fingerprint density at radius 2 is 2.26 bits per heavy atom. The predicted octanol–water partition coefficient (Wildman–Crippen LogP) is 2.47. The molecule has 0 saturated heterocycles. The Balaban J connectivity index is 0.00000180. The molecule has 19 heavy (non-hydrogen) atoms. The van der Waals surface area contributed by atoms with Gasteiger partial charge in [-0.05, 0) is 18.1 Å². The minimum Gasteiger partial charge on any atom is -0.395 e. The summed E-state index contributed by atoms with van der Waals surface area (Å²) in [6.07, 6.45) is 0.814. The van der Waals surface area contributed by atoms with E-state index in [0.717, 1.165) is 46.3 Å². The highest BCUT2D eigenvalue weighted by Gasteiger charge is 2.15. The highest BCUT2D eigenvalue weighted by Crippen LogP contribution is 2.31. The zero-order valence-corrected chi connectivity index (χ0v) is 14.9. The molecule has 8 heteroatoms. The predicted molar refractivity (Wildman–Crippen MR) is 92.4 cm³/mol. The van der Waals surface area contributed by atoms with E-state index >= 15 is 0 Å². The average molecular weight is 436 g/mol. The third kappa shape index (κ3) is 4.93. The molecular weight excluding hydrogens is 420 g/mol. The number of aliphatic imine (C=N–C) groups is 1. The van der Waals surface area contributed by atoms with E-state index in [4.69, 9.17) is 28.3 Å². The van der Waals surface area contributed by atoms with Crippen molar-refractivity contribution in [3.05, 3.63) is 20.3 Å². The lowest BCUT2D eigenvalue weighted by Gasteiger charge is -2.19. The van der Waals surface area contributed by atoms with Gasteiger partial charge in [-0.25, -0.2) is 0 Å². The summed E-state index contributed by atoms with van der Waals surface area (Å²) >= 11 is 13.3. The molecule has 4 nitrogen and oxygen atoms in total. The lowest BCUT2D eigenvalue weighted by molar-refractivity contribution is 0.254. The number of rotatable bonds is 5. The Morgan fingerprint density at radius 3 is 2.89 bits per heavy atom. The van der Waals surface area contributed by atoms with Crippen LogP contribution in [0.1, 0.15) is 5.56 Å². The van der Waals surface area contributed by atoms with Crippen molar-refractivity contribution in [2.75, 3.05) is 32.8 Å². The van der Waals surface area contributed by atoms with E-state index in [1.807, 2.05) is 11.0 Å². The largest absolute Gasteiger partial charge is 0.395 e. The lowest BCUT2D eigenvalue weighted by atomic mass is 10.2. The molecule has 0 saturated carbocycles. The zero-order valence-electron chi connectivity index (χ0n) is 10.2. The van der Waals surface area contributed by atoms with E-state index < -0.39 is 0 Å². The molecule has 1 aromatic heterocycles. The van der Waals surface area contributed by atoms with Crippen LogP contribution in [0.3, 0.4) is 0 Å². The zero-order chi connectivity index (χ0) is 13.0. The van der Waals surface area contributed by atoms with Crippen LogP contribution < -0.4 is 5.32 Å². The highest BCUT2D eigenvalue weighted by molar-refractivity contribution is 14.0. The van der Waals surface area contributed by atoms with Gasteiger partial charge in [0.1, 0.15) is 0 Å². The fourth-order valence-corrected chi connectivity index (χ4v) is 3.39. The van der Waals surface area contributed by atoms with E-state index in [9.17, 15) is 0 Å². The molecule has 0 atom stereocenters. The second kappa shape index (κ2) is 8.51. The fraction of sp³-hybridized carbons (Fsp3) is 0.545. The molecule has 0 aromatic carbocycles. The molecule has 1 aromatic rings. The van der Waals surface area contributed by atoms with Crippen LogP contribution in [0.5, 0.6) is 0 Å². The molecule has 1 aliphatic heterocycles. The van der Waals surface area contributed by atoms with Gasteiger partial charge in [0.05, 0.1) is 21.8 Å². The molecule has 0 amide bonds. The Morgan fingerprint density at radius 1 is 1.47 bits per heavy atom. The van der Waals surface area contributed by atoms with Crippen molar-refractivity contribution in [3.8, 4) is 0 Å². The van der Waals surface area contributed by atoms with Gasteiger partial charge in [-0.15, -0.1) is 35.3 Å². The summed E-state index contributed by atoms with van der Waals surface area (Å²) in [4.78, 5) is 6.40. The van der Waals surface area contributed by atoms with Crippen LogP contribution in [0.15, 0.2) is 11.1 Å². The van der Waals surface area contributed by atoms with E-state index in [1.54, 1.807) is 0 Å². The summed E-state index contributed by atoms with van der Waals surface area (Å²) in [5, 5.41) is 12.2. The number of aliphatic hydroxyl groups is 1. The monoisotopic (exact) mass is 435 g/mol. The second-order valence-corrected chi connectivity index (χ2v) is 6.23. The number of thiophene rings is 1. The van der Waals surface area contributed by atoms with Gasteiger partial charge in [-0.3, -0.25) is 4.99 Å². The van der Waals surface area contributed by atoms with E-state index in [1.165, 1.54) is 11.3 Å². The molecule has 0 spiro atoms. The summed E-state index contributed by atoms with van der Waals surface area (Å²) < 4.78 is 1.47. The van der Waals surface area contributed by atoms with Crippen LogP contribution in [0.2, 0.25) is 8.67 Å². The van der Waals surface area contributed by atoms with E-state index in [2.05, 4.69) is 10.3 Å². The SMILES string of the molecule is I.OCCN1CCN=C1NCCc1cc(Cl)sc1Cl. The second-order valence-electron chi connectivity index (χ2n) is 3.94. The van der Waals surface area contributed by atoms with Crippen molar-refractivity contribution in [1.29, 1.82) is 0 Å². The molecule has 2 rings (SSSR count). The van der Waals surface area contributed by atoms with Crippen LogP contribution in [-0.4, -0.2) is 48.8 Å². The number of guanidine groups is 1. The van der Waals surface area contributed by atoms with Crippen LogP contribution in [0.4, 0.5) is 0 Å². The lowest BCUT2D eigenvalue weighted by Crippen LogP contribution is -2.40. The molecule has 0 fully saturated rings.